The van der Waals surface area contributed by atoms with Crippen LogP contribution in [0.15, 0.2) is 42.9 Å². The molecule has 9 nitrogen and oxygen atoms in total. The van der Waals surface area contributed by atoms with Crippen molar-refractivity contribution in [2.24, 2.45) is 0 Å². The van der Waals surface area contributed by atoms with Gasteiger partial charge >= 0.3 is 12.0 Å². The van der Waals surface area contributed by atoms with Gasteiger partial charge in [0, 0.05) is 18.5 Å². The lowest BCUT2D eigenvalue weighted by atomic mass is 10.1. The quantitative estimate of drug-likeness (QED) is 0.471. The number of ether oxygens (including phenoxy) is 1. The van der Waals surface area contributed by atoms with Crippen molar-refractivity contribution in [2.45, 2.75) is 13.8 Å². The molecule has 2 N–H and O–H groups in total. The number of aromatic nitrogens is 3. The molecule has 154 valence electrons. The Morgan fingerprint density at radius 1 is 1.16 bits per heavy atom. The molecule has 0 fully saturated rings. The predicted molar refractivity (Wildman–Crippen MR) is 116 cm³/mol. The molecule has 0 atom stereocenters. The third-order valence-corrected chi connectivity index (χ3v) is 6.00. The Morgan fingerprint density at radius 2 is 2.00 bits per heavy atom. The molecule has 0 aliphatic carbocycles. The number of amides is 2. The first-order chi connectivity index (χ1) is 14.9. The van der Waals surface area contributed by atoms with Crippen molar-refractivity contribution >= 4 is 50.6 Å². The highest BCUT2D eigenvalue weighted by molar-refractivity contribution is 7.21. The van der Waals surface area contributed by atoms with E-state index in [1.165, 1.54) is 4.90 Å². The number of nitrogens with zero attached hydrogens (tertiary/aromatic N) is 4. The first-order valence-electron chi connectivity index (χ1n) is 9.26. The number of urea groups is 1. The van der Waals surface area contributed by atoms with E-state index in [4.69, 9.17) is 4.74 Å². The Bertz CT molecular complexity index is 1380. The SMILES string of the molecule is Cc1cc(Oc2cccnc2C)ncc1N1C(=O)Nc2c(C(=O)O)sc3nccc1c23. The van der Waals surface area contributed by atoms with Crippen molar-refractivity contribution in [1.29, 1.82) is 0 Å². The van der Waals surface area contributed by atoms with E-state index in [2.05, 4.69) is 20.3 Å². The van der Waals surface area contributed by atoms with Crippen LogP contribution in [-0.2, 0) is 0 Å². The van der Waals surface area contributed by atoms with Gasteiger partial charge in [-0.2, -0.15) is 0 Å². The summed E-state index contributed by atoms with van der Waals surface area (Å²) in [6, 6.07) is 6.53. The van der Waals surface area contributed by atoms with Crippen LogP contribution in [0, 0.1) is 13.8 Å². The van der Waals surface area contributed by atoms with Crippen molar-refractivity contribution < 1.29 is 19.4 Å². The zero-order valence-electron chi connectivity index (χ0n) is 16.4. The van der Waals surface area contributed by atoms with Crippen molar-refractivity contribution in [3.8, 4) is 11.6 Å². The van der Waals surface area contributed by atoms with Crippen LogP contribution in [0.25, 0.3) is 10.2 Å². The van der Waals surface area contributed by atoms with Gasteiger partial charge in [-0.05, 0) is 37.6 Å². The van der Waals surface area contributed by atoms with Gasteiger partial charge in [-0.1, -0.05) is 0 Å². The zero-order valence-corrected chi connectivity index (χ0v) is 17.2. The molecule has 0 bridgehead atoms. The number of anilines is 3. The lowest BCUT2D eigenvalue weighted by Gasteiger charge is -2.29. The monoisotopic (exact) mass is 433 g/mol. The second-order valence-electron chi connectivity index (χ2n) is 6.89. The smallest absolute Gasteiger partial charge is 0.348 e. The molecule has 1 aliphatic heterocycles. The van der Waals surface area contributed by atoms with Crippen LogP contribution < -0.4 is 15.0 Å². The summed E-state index contributed by atoms with van der Waals surface area (Å²) in [5.41, 5.74) is 2.86. The predicted octanol–water partition coefficient (Wildman–Crippen LogP) is 4.88. The maximum atomic E-state index is 13.0. The van der Waals surface area contributed by atoms with Gasteiger partial charge in [0.05, 0.1) is 34.3 Å². The van der Waals surface area contributed by atoms with Gasteiger partial charge in [-0.25, -0.2) is 19.6 Å². The molecule has 2 amide bonds. The number of carbonyl (C=O) groups is 2. The van der Waals surface area contributed by atoms with Gasteiger partial charge in [-0.15, -0.1) is 11.3 Å². The fourth-order valence-corrected chi connectivity index (χ4v) is 4.44. The normalized spacial score (nSPS) is 12.7. The van der Waals surface area contributed by atoms with Crippen LogP contribution >= 0.6 is 11.3 Å². The molecule has 31 heavy (non-hydrogen) atoms. The fraction of sp³-hybridized carbons (Fsp3) is 0.0952. The summed E-state index contributed by atoms with van der Waals surface area (Å²) in [5.74, 6) is -0.139. The Hall–Kier alpha value is -4.05. The molecule has 5 rings (SSSR count). The van der Waals surface area contributed by atoms with E-state index in [-0.39, 0.29) is 10.6 Å². The minimum atomic E-state index is -1.11. The first kappa shape index (κ1) is 18.9. The minimum Gasteiger partial charge on any atom is -0.477 e. The molecule has 0 radical (unpaired) electrons. The Morgan fingerprint density at radius 3 is 2.74 bits per heavy atom. The number of carboxylic acids is 1. The number of aryl methyl sites for hydroxylation is 2. The maximum absolute atomic E-state index is 13.0. The van der Waals surface area contributed by atoms with Crippen LogP contribution in [0.1, 0.15) is 20.9 Å². The summed E-state index contributed by atoms with van der Waals surface area (Å²) < 4.78 is 5.84. The standard InChI is InChI=1S/C21H15N5O4S/c1-10-8-15(30-14-4-3-6-22-11(14)2)24-9-13(10)26-12-5-7-23-19-16(12)17(25-21(26)29)18(31-19)20(27)28/h3-9H,1-2H3,(H,25,29)(H,27,28). The molecule has 1 aliphatic rings. The topological polar surface area (TPSA) is 118 Å². The van der Waals surface area contributed by atoms with Crippen LogP contribution in [0.2, 0.25) is 0 Å². The summed E-state index contributed by atoms with van der Waals surface area (Å²) in [4.78, 5) is 39.5. The first-order valence-corrected chi connectivity index (χ1v) is 10.1. The lowest BCUT2D eigenvalue weighted by Crippen LogP contribution is -2.34. The van der Waals surface area contributed by atoms with Crippen molar-refractivity contribution in [3.05, 3.63) is 59.0 Å². The number of carboxylic acid groups (broad SMARTS) is 1. The highest BCUT2D eigenvalue weighted by Crippen LogP contribution is 2.46. The van der Waals surface area contributed by atoms with E-state index in [1.807, 2.05) is 13.8 Å². The van der Waals surface area contributed by atoms with Crippen LogP contribution in [-0.4, -0.2) is 32.1 Å². The van der Waals surface area contributed by atoms with E-state index in [1.54, 1.807) is 42.9 Å². The fourth-order valence-electron chi connectivity index (χ4n) is 3.48. The van der Waals surface area contributed by atoms with Gasteiger partial charge in [0.25, 0.3) is 0 Å². The number of rotatable bonds is 4. The molecule has 0 unspecified atom stereocenters. The lowest BCUT2D eigenvalue weighted by molar-refractivity contribution is 0.0703. The van der Waals surface area contributed by atoms with Crippen molar-refractivity contribution in [1.82, 2.24) is 15.0 Å². The molecule has 0 aromatic carbocycles. The maximum Gasteiger partial charge on any atom is 0.348 e. The van der Waals surface area contributed by atoms with Crippen molar-refractivity contribution in [2.75, 3.05) is 10.2 Å². The zero-order chi connectivity index (χ0) is 21.7. The van der Waals surface area contributed by atoms with E-state index in [0.29, 0.717) is 33.2 Å². The molecule has 0 saturated heterocycles. The van der Waals surface area contributed by atoms with Crippen LogP contribution in [0.4, 0.5) is 21.9 Å². The number of hydrogen-bond acceptors (Lipinski definition) is 7. The van der Waals surface area contributed by atoms with E-state index in [0.717, 1.165) is 22.6 Å². The summed E-state index contributed by atoms with van der Waals surface area (Å²) >= 11 is 1.03. The third kappa shape index (κ3) is 3.04. The molecule has 5 heterocycles. The minimum absolute atomic E-state index is 0.0494. The third-order valence-electron chi connectivity index (χ3n) is 4.91. The largest absolute Gasteiger partial charge is 0.477 e. The number of hydrogen-bond donors (Lipinski definition) is 2. The molecule has 4 aromatic heterocycles. The van der Waals surface area contributed by atoms with Gasteiger partial charge in [0.1, 0.15) is 9.71 Å². The molecular formula is C21H15N5O4S. The molecular weight excluding hydrogens is 418 g/mol. The second kappa shape index (κ2) is 7.03. The average molecular weight is 433 g/mol. The summed E-state index contributed by atoms with van der Waals surface area (Å²) in [5, 5.41) is 12.8. The van der Waals surface area contributed by atoms with Gasteiger partial charge < -0.3 is 15.2 Å². The highest BCUT2D eigenvalue weighted by Gasteiger charge is 2.33. The molecule has 0 saturated carbocycles. The van der Waals surface area contributed by atoms with Gasteiger partial charge in [-0.3, -0.25) is 9.88 Å². The Balaban J connectivity index is 1.58. The van der Waals surface area contributed by atoms with Crippen LogP contribution in [0.5, 0.6) is 11.6 Å². The average Bonchev–Trinajstić information content (AvgIpc) is 3.11. The Kier molecular flexibility index (Phi) is 4.29. The molecule has 10 heteroatoms. The number of thiophene rings is 1. The highest BCUT2D eigenvalue weighted by atomic mass is 32.1. The molecule has 0 spiro atoms. The number of pyridine rings is 3. The van der Waals surface area contributed by atoms with Gasteiger partial charge in [0.15, 0.2) is 5.75 Å². The summed E-state index contributed by atoms with van der Waals surface area (Å²) in [6.07, 6.45) is 4.79. The van der Waals surface area contributed by atoms with E-state index < -0.39 is 12.0 Å². The number of aromatic carboxylic acids is 1. The van der Waals surface area contributed by atoms with Gasteiger partial charge in [0.2, 0.25) is 5.88 Å². The summed E-state index contributed by atoms with van der Waals surface area (Å²) in [6.45, 7) is 3.69. The number of carbonyl (C=O) groups excluding carboxylic acids is 1. The van der Waals surface area contributed by atoms with Crippen LogP contribution in [0.3, 0.4) is 0 Å². The Labute approximate surface area is 180 Å². The molecule has 4 aromatic rings. The van der Waals surface area contributed by atoms with Crippen molar-refractivity contribution in [3.63, 3.8) is 0 Å². The number of nitrogens with one attached hydrogen (secondary N) is 1. The summed E-state index contributed by atoms with van der Waals surface area (Å²) in [7, 11) is 0. The van der Waals surface area contributed by atoms with E-state index in [9.17, 15) is 14.7 Å². The van der Waals surface area contributed by atoms with E-state index >= 15 is 0 Å². The second-order valence-corrected chi connectivity index (χ2v) is 7.88.